The van der Waals surface area contributed by atoms with Crippen molar-refractivity contribution < 1.29 is 18.3 Å². The van der Waals surface area contributed by atoms with E-state index in [9.17, 15) is 13.6 Å². The van der Waals surface area contributed by atoms with E-state index >= 15 is 0 Å². The zero-order valence-electron chi connectivity index (χ0n) is 26.2. The Kier molecular flexibility index (Phi) is 8.11. The number of hydrogen-bond donors (Lipinski definition) is 1. The third-order valence-corrected chi connectivity index (χ3v) is 9.42. The number of nitrogens with zero attached hydrogens (tertiary/aromatic N) is 8. The Morgan fingerprint density at radius 3 is 2.76 bits per heavy atom. The van der Waals surface area contributed by atoms with E-state index in [2.05, 4.69) is 51.3 Å². The molecule has 0 aliphatic carbocycles. The molecular formula is C32H39F2N9O2. The molecule has 6 rings (SSSR count). The van der Waals surface area contributed by atoms with Crippen LogP contribution < -0.4 is 14.5 Å². The van der Waals surface area contributed by atoms with Crippen molar-refractivity contribution in [2.45, 2.75) is 57.9 Å². The summed E-state index contributed by atoms with van der Waals surface area (Å²) >= 11 is 0. The Bertz CT molecular complexity index is 1680. The predicted octanol–water partition coefficient (Wildman–Crippen LogP) is 3.76. The van der Waals surface area contributed by atoms with Crippen LogP contribution in [0.25, 0.3) is 15.7 Å². The quantitative estimate of drug-likeness (QED) is 0.316. The van der Waals surface area contributed by atoms with Gasteiger partial charge >= 0.3 is 6.01 Å². The van der Waals surface area contributed by atoms with Crippen molar-refractivity contribution in [1.82, 2.24) is 30.0 Å². The fraction of sp³-hybridized carbons (Fsp3) is 0.531. The summed E-state index contributed by atoms with van der Waals surface area (Å²) in [5.41, 5.74) is 4.95. The van der Waals surface area contributed by atoms with Gasteiger partial charge in [-0.1, -0.05) is 6.58 Å². The van der Waals surface area contributed by atoms with Crippen molar-refractivity contribution in [3.63, 3.8) is 0 Å². The minimum absolute atomic E-state index is 0.0310. The SMILES string of the molecule is [C-]#[N+]C[C@H]1CN(c2nc(OC[C@@H]3CC(C)(F)CN3C)nc3c2CCN(c2c(C)c(C)cc4[nH]ncc24)C3)CCN1C(=O)C(=C)F. The van der Waals surface area contributed by atoms with Gasteiger partial charge in [0.1, 0.15) is 24.1 Å². The van der Waals surface area contributed by atoms with E-state index in [0.29, 0.717) is 44.8 Å². The topological polar surface area (TPSA) is 98.1 Å². The molecule has 2 fully saturated rings. The minimum Gasteiger partial charge on any atom is -0.462 e. The molecule has 3 aromatic rings. The van der Waals surface area contributed by atoms with Gasteiger partial charge in [-0.15, -0.1) is 0 Å². The number of aryl methyl sites for hydroxylation is 1. The summed E-state index contributed by atoms with van der Waals surface area (Å²) in [6.45, 7) is 19.2. The fourth-order valence-corrected chi connectivity index (χ4v) is 7.07. The van der Waals surface area contributed by atoms with Gasteiger partial charge in [-0.3, -0.25) is 14.8 Å². The highest BCUT2D eigenvalue weighted by atomic mass is 19.1. The number of ether oxygens (including phenoxy) is 1. The molecule has 238 valence electrons. The van der Waals surface area contributed by atoms with Crippen molar-refractivity contribution in [3.8, 4) is 6.01 Å². The Morgan fingerprint density at radius 2 is 2.04 bits per heavy atom. The number of carbonyl (C=O) groups excluding carboxylic acids is 1. The summed E-state index contributed by atoms with van der Waals surface area (Å²) in [4.78, 5) is 33.6. The van der Waals surface area contributed by atoms with Crippen LogP contribution in [0.1, 0.15) is 35.7 Å². The standard InChI is InChI=1S/C32H39F2N9O2/c1-19-11-26-25(14-36-39-26)28(20(19)2)41-8-7-24-27(16-41)37-31(45-17-22-12-32(4,34)18-40(22)6)38-29(24)42-9-10-43(30(44)21(3)33)23(15-42)13-35-5/h11,14,22-23H,3,7-10,12-13,15-18H2,1-2,4,6H3,(H,36,39)/t22-,23-,32?/m0/s1. The largest absolute Gasteiger partial charge is 0.462 e. The average molecular weight is 620 g/mol. The molecule has 3 atom stereocenters. The molecule has 0 radical (unpaired) electrons. The predicted molar refractivity (Wildman–Crippen MR) is 168 cm³/mol. The molecule has 1 amide bonds. The maximum absolute atomic E-state index is 14.7. The molecule has 3 aliphatic rings. The van der Waals surface area contributed by atoms with Crippen LogP contribution >= 0.6 is 0 Å². The second kappa shape index (κ2) is 11.9. The van der Waals surface area contributed by atoms with Crippen molar-refractivity contribution in [2.75, 3.05) is 62.7 Å². The van der Waals surface area contributed by atoms with Crippen molar-refractivity contribution in [1.29, 1.82) is 0 Å². The lowest BCUT2D eigenvalue weighted by Gasteiger charge is -2.41. The number of alkyl halides is 1. The Labute approximate surface area is 261 Å². The van der Waals surface area contributed by atoms with E-state index in [1.807, 2.05) is 18.1 Å². The van der Waals surface area contributed by atoms with Crippen molar-refractivity contribution in [3.05, 3.63) is 58.5 Å². The number of H-pyrrole nitrogens is 1. The number of benzene rings is 1. The molecule has 5 heterocycles. The normalized spacial score (nSPS) is 23.7. The summed E-state index contributed by atoms with van der Waals surface area (Å²) in [5.74, 6) is -1.12. The zero-order valence-corrected chi connectivity index (χ0v) is 26.2. The monoisotopic (exact) mass is 619 g/mol. The van der Waals surface area contributed by atoms with Crippen LogP contribution in [-0.4, -0.2) is 107 Å². The number of halogens is 2. The van der Waals surface area contributed by atoms with Gasteiger partial charge in [0.05, 0.1) is 29.6 Å². The maximum atomic E-state index is 14.7. The maximum Gasteiger partial charge on any atom is 0.318 e. The van der Waals surface area contributed by atoms with Gasteiger partial charge in [0, 0.05) is 56.1 Å². The van der Waals surface area contributed by atoms with Gasteiger partial charge in [0.25, 0.3) is 5.91 Å². The molecule has 3 aliphatic heterocycles. The zero-order chi connectivity index (χ0) is 32.0. The van der Waals surface area contributed by atoms with Crippen LogP contribution in [0.2, 0.25) is 0 Å². The first-order valence-electron chi connectivity index (χ1n) is 15.3. The number of likely N-dealkylation sites (tertiary alicyclic amines) is 1. The number of anilines is 2. The van der Waals surface area contributed by atoms with Gasteiger partial charge in [0.15, 0.2) is 5.83 Å². The number of piperazine rings is 1. The van der Waals surface area contributed by atoms with E-state index in [0.717, 1.165) is 40.0 Å². The molecule has 0 saturated carbocycles. The molecule has 1 aromatic carbocycles. The molecule has 13 heteroatoms. The number of carbonyl (C=O) groups is 1. The molecule has 11 nitrogen and oxygen atoms in total. The summed E-state index contributed by atoms with van der Waals surface area (Å²) in [6.07, 6.45) is 2.88. The van der Waals surface area contributed by atoms with Crippen LogP contribution in [0.3, 0.4) is 0 Å². The van der Waals surface area contributed by atoms with E-state index in [-0.39, 0.29) is 31.7 Å². The van der Waals surface area contributed by atoms with Crippen LogP contribution in [0.15, 0.2) is 24.7 Å². The van der Waals surface area contributed by atoms with Crippen molar-refractivity contribution in [2.24, 2.45) is 0 Å². The lowest BCUT2D eigenvalue weighted by atomic mass is 9.99. The highest BCUT2D eigenvalue weighted by Gasteiger charge is 2.40. The lowest BCUT2D eigenvalue weighted by Crippen LogP contribution is -2.57. The van der Waals surface area contributed by atoms with Crippen LogP contribution in [0, 0.1) is 20.4 Å². The molecule has 1 N–H and O–H groups in total. The number of rotatable bonds is 7. The number of aromatic amines is 1. The number of amides is 1. The molecule has 0 bridgehead atoms. The summed E-state index contributed by atoms with van der Waals surface area (Å²) in [6, 6.07) is 1.68. The van der Waals surface area contributed by atoms with Gasteiger partial charge in [0.2, 0.25) is 6.54 Å². The minimum atomic E-state index is -1.28. The first-order valence-corrected chi connectivity index (χ1v) is 15.3. The van der Waals surface area contributed by atoms with Crippen LogP contribution in [0.4, 0.5) is 20.3 Å². The molecule has 2 aromatic heterocycles. The smallest absolute Gasteiger partial charge is 0.318 e. The lowest BCUT2D eigenvalue weighted by molar-refractivity contribution is -0.131. The van der Waals surface area contributed by atoms with Crippen LogP contribution in [-0.2, 0) is 17.8 Å². The summed E-state index contributed by atoms with van der Waals surface area (Å²) < 4.78 is 34.8. The van der Waals surface area contributed by atoms with Gasteiger partial charge < -0.3 is 24.3 Å². The number of likely N-dealkylation sites (N-methyl/N-ethyl adjacent to an activating group) is 1. The highest BCUT2D eigenvalue weighted by molar-refractivity contribution is 5.94. The van der Waals surface area contributed by atoms with Crippen LogP contribution in [0.5, 0.6) is 6.01 Å². The van der Waals surface area contributed by atoms with Gasteiger partial charge in [-0.25, -0.2) is 15.4 Å². The fourth-order valence-electron chi connectivity index (χ4n) is 7.07. The Balaban J connectivity index is 1.34. The molecule has 1 unspecified atom stereocenters. The third-order valence-electron chi connectivity index (χ3n) is 9.42. The van der Waals surface area contributed by atoms with E-state index < -0.39 is 23.4 Å². The highest BCUT2D eigenvalue weighted by Crippen LogP contribution is 2.37. The number of nitrogens with one attached hydrogen (secondary N) is 1. The number of fused-ring (bicyclic) bond motifs is 2. The van der Waals surface area contributed by atoms with E-state index in [4.69, 9.17) is 21.3 Å². The number of hydrogen-bond acceptors (Lipinski definition) is 8. The van der Waals surface area contributed by atoms with E-state index in [1.165, 1.54) is 10.5 Å². The third kappa shape index (κ3) is 5.91. The Hall–Kier alpha value is -4.31. The first kappa shape index (κ1) is 30.7. The van der Waals surface area contributed by atoms with E-state index in [1.54, 1.807) is 6.92 Å². The molecule has 45 heavy (non-hydrogen) atoms. The molecule has 2 saturated heterocycles. The summed E-state index contributed by atoms with van der Waals surface area (Å²) in [5, 5.41) is 8.43. The second-order valence-electron chi connectivity index (χ2n) is 12.8. The second-order valence-corrected chi connectivity index (χ2v) is 12.8. The van der Waals surface area contributed by atoms with Crippen molar-refractivity contribution >= 4 is 28.3 Å². The Morgan fingerprint density at radius 1 is 1.24 bits per heavy atom. The number of aromatic nitrogens is 4. The molecule has 0 spiro atoms. The average Bonchev–Trinajstić information content (AvgIpc) is 3.57. The summed E-state index contributed by atoms with van der Waals surface area (Å²) in [7, 11) is 1.89. The molecular weight excluding hydrogens is 580 g/mol. The first-order chi connectivity index (χ1) is 21.5. The van der Waals surface area contributed by atoms with Gasteiger partial charge in [-0.05, 0) is 51.4 Å². The van der Waals surface area contributed by atoms with Gasteiger partial charge in [-0.2, -0.15) is 15.1 Å².